The molecule has 2 heterocycles. The smallest absolute Gasteiger partial charge is 0.0346 e. The van der Waals surface area contributed by atoms with E-state index in [9.17, 15) is 0 Å². The summed E-state index contributed by atoms with van der Waals surface area (Å²) in [6, 6.07) is 8.49. The minimum absolute atomic E-state index is 0.435. The van der Waals surface area contributed by atoms with Gasteiger partial charge in [0.2, 0.25) is 0 Å². The Labute approximate surface area is 127 Å². The number of aromatic nitrogens is 1. The van der Waals surface area contributed by atoms with E-state index in [-0.39, 0.29) is 0 Å². The normalized spacial score (nSPS) is 19.0. The number of benzene rings is 1. The predicted molar refractivity (Wildman–Crippen MR) is 88.3 cm³/mol. The molecule has 0 bridgehead atoms. The second kappa shape index (κ2) is 6.12. The van der Waals surface area contributed by atoms with Crippen LogP contribution in [0, 0.1) is 5.41 Å². The summed E-state index contributed by atoms with van der Waals surface area (Å²) in [6.45, 7) is 6.83. The van der Waals surface area contributed by atoms with E-state index in [1.165, 1.54) is 42.3 Å². The van der Waals surface area contributed by atoms with Crippen LogP contribution in [-0.4, -0.2) is 36.6 Å². The van der Waals surface area contributed by atoms with E-state index in [1.54, 1.807) is 0 Å². The van der Waals surface area contributed by atoms with Crippen LogP contribution >= 0.6 is 0 Å². The summed E-state index contributed by atoms with van der Waals surface area (Å²) in [6.07, 6.45) is 6.50. The summed E-state index contributed by atoms with van der Waals surface area (Å²) in [7, 11) is 2.22. The molecule has 0 saturated carbocycles. The van der Waals surface area contributed by atoms with E-state index in [2.05, 4.69) is 53.4 Å². The van der Waals surface area contributed by atoms with E-state index in [0.717, 1.165) is 13.1 Å². The van der Waals surface area contributed by atoms with E-state index >= 15 is 0 Å². The van der Waals surface area contributed by atoms with Crippen molar-refractivity contribution >= 4 is 10.8 Å². The second-order valence-corrected chi connectivity index (χ2v) is 6.74. The Bertz CT molecular complexity index is 595. The van der Waals surface area contributed by atoms with Gasteiger partial charge in [-0.15, -0.1) is 0 Å². The van der Waals surface area contributed by atoms with Crippen molar-refractivity contribution in [3.05, 3.63) is 42.2 Å². The molecule has 3 nitrogen and oxygen atoms in total. The molecule has 112 valence electrons. The van der Waals surface area contributed by atoms with Gasteiger partial charge in [0, 0.05) is 30.9 Å². The van der Waals surface area contributed by atoms with Gasteiger partial charge in [0.05, 0.1) is 0 Å². The lowest BCUT2D eigenvalue weighted by atomic mass is 9.80. The standard InChI is InChI=1S/C18H25N3/c1-18(7-9-21(2)10-8-18)14-20-13-16-12-19-11-15-5-3-4-6-17(15)16/h3-6,11-12,20H,7-10,13-14H2,1-2H3. The topological polar surface area (TPSA) is 28.2 Å². The van der Waals surface area contributed by atoms with Gasteiger partial charge in [-0.1, -0.05) is 31.2 Å². The molecule has 1 fully saturated rings. The maximum absolute atomic E-state index is 4.36. The van der Waals surface area contributed by atoms with Crippen LogP contribution in [0.25, 0.3) is 10.8 Å². The van der Waals surface area contributed by atoms with Gasteiger partial charge in [0.1, 0.15) is 0 Å². The molecule has 21 heavy (non-hydrogen) atoms. The first-order valence-corrected chi connectivity index (χ1v) is 7.87. The minimum Gasteiger partial charge on any atom is -0.312 e. The van der Waals surface area contributed by atoms with Crippen molar-refractivity contribution in [3.8, 4) is 0 Å². The molecule has 1 N–H and O–H groups in total. The van der Waals surface area contributed by atoms with E-state index < -0.39 is 0 Å². The molecule has 1 aromatic carbocycles. The van der Waals surface area contributed by atoms with E-state index in [0.29, 0.717) is 5.41 Å². The molecular formula is C18H25N3. The Morgan fingerprint density at radius 1 is 1.19 bits per heavy atom. The molecule has 0 spiro atoms. The van der Waals surface area contributed by atoms with Crippen LogP contribution in [0.15, 0.2) is 36.7 Å². The lowest BCUT2D eigenvalue weighted by Crippen LogP contribution is -2.41. The number of nitrogens with zero attached hydrogens (tertiary/aromatic N) is 2. The van der Waals surface area contributed by atoms with Crippen LogP contribution in [-0.2, 0) is 6.54 Å². The van der Waals surface area contributed by atoms with Crippen molar-refractivity contribution < 1.29 is 0 Å². The number of likely N-dealkylation sites (tertiary alicyclic amines) is 1. The number of nitrogens with one attached hydrogen (secondary N) is 1. The first kappa shape index (κ1) is 14.5. The molecular weight excluding hydrogens is 258 g/mol. The summed E-state index contributed by atoms with van der Waals surface area (Å²) in [4.78, 5) is 6.79. The quantitative estimate of drug-likeness (QED) is 0.935. The highest BCUT2D eigenvalue weighted by Gasteiger charge is 2.28. The van der Waals surface area contributed by atoms with Crippen LogP contribution < -0.4 is 5.32 Å². The van der Waals surface area contributed by atoms with Crippen molar-refractivity contribution in [2.75, 3.05) is 26.7 Å². The third-order valence-electron chi connectivity index (χ3n) is 4.81. The number of hydrogen-bond donors (Lipinski definition) is 1. The van der Waals surface area contributed by atoms with Crippen LogP contribution in [0.2, 0.25) is 0 Å². The Hall–Kier alpha value is -1.45. The minimum atomic E-state index is 0.435. The number of hydrogen-bond acceptors (Lipinski definition) is 3. The fraction of sp³-hybridized carbons (Fsp3) is 0.500. The lowest BCUT2D eigenvalue weighted by molar-refractivity contribution is 0.137. The highest BCUT2D eigenvalue weighted by molar-refractivity contribution is 5.84. The monoisotopic (exact) mass is 283 g/mol. The molecule has 1 saturated heterocycles. The van der Waals surface area contributed by atoms with Crippen molar-refractivity contribution in [1.82, 2.24) is 15.2 Å². The molecule has 1 aromatic heterocycles. The second-order valence-electron chi connectivity index (χ2n) is 6.74. The Balaban J connectivity index is 1.62. The first-order chi connectivity index (χ1) is 10.2. The average Bonchev–Trinajstić information content (AvgIpc) is 2.51. The maximum Gasteiger partial charge on any atom is 0.0346 e. The van der Waals surface area contributed by atoms with Gasteiger partial charge in [-0.2, -0.15) is 0 Å². The highest BCUT2D eigenvalue weighted by atomic mass is 15.1. The highest BCUT2D eigenvalue weighted by Crippen LogP contribution is 2.29. The van der Waals surface area contributed by atoms with Crippen molar-refractivity contribution in [1.29, 1.82) is 0 Å². The SMILES string of the molecule is CN1CCC(C)(CNCc2cncc3ccccc23)CC1. The van der Waals surface area contributed by atoms with Crippen molar-refractivity contribution in [3.63, 3.8) is 0 Å². The fourth-order valence-corrected chi connectivity index (χ4v) is 3.15. The third-order valence-corrected chi connectivity index (χ3v) is 4.81. The average molecular weight is 283 g/mol. The lowest BCUT2D eigenvalue weighted by Gasteiger charge is -2.38. The first-order valence-electron chi connectivity index (χ1n) is 7.87. The zero-order valence-corrected chi connectivity index (χ0v) is 13.1. The summed E-state index contributed by atoms with van der Waals surface area (Å²) in [5, 5.41) is 6.20. The molecule has 1 aliphatic rings. The summed E-state index contributed by atoms with van der Waals surface area (Å²) in [5.74, 6) is 0. The van der Waals surface area contributed by atoms with Crippen molar-refractivity contribution in [2.24, 2.45) is 5.41 Å². The van der Waals surface area contributed by atoms with Gasteiger partial charge in [0.25, 0.3) is 0 Å². The molecule has 1 aliphatic heterocycles. The number of piperidine rings is 1. The van der Waals surface area contributed by atoms with Gasteiger partial charge in [-0.25, -0.2) is 0 Å². The Kier molecular flexibility index (Phi) is 4.22. The molecule has 0 amide bonds. The summed E-state index contributed by atoms with van der Waals surface area (Å²) >= 11 is 0. The molecule has 3 heteroatoms. The Morgan fingerprint density at radius 3 is 2.76 bits per heavy atom. The van der Waals surface area contributed by atoms with Gasteiger partial charge in [-0.05, 0) is 49.3 Å². The van der Waals surface area contributed by atoms with Gasteiger partial charge in [-0.3, -0.25) is 4.98 Å². The number of rotatable bonds is 4. The maximum atomic E-state index is 4.36. The molecule has 0 atom stereocenters. The zero-order chi connectivity index (χ0) is 14.7. The van der Waals surface area contributed by atoms with E-state index in [4.69, 9.17) is 0 Å². The molecule has 0 aliphatic carbocycles. The van der Waals surface area contributed by atoms with Gasteiger partial charge >= 0.3 is 0 Å². The van der Waals surface area contributed by atoms with Crippen LogP contribution in [0.3, 0.4) is 0 Å². The van der Waals surface area contributed by atoms with Gasteiger partial charge in [0.15, 0.2) is 0 Å². The van der Waals surface area contributed by atoms with Crippen LogP contribution in [0.4, 0.5) is 0 Å². The fourth-order valence-electron chi connectivity index (χ4n) is 3.15. The van der Waals surface area contributed by atoms with Crippen molar-refractivity contribution in [2.45, 2.75) is 26.3 Å². The predicted octanol–water partition coefficient (Wildman–Crippen LogP) is 3.06. The third kappa shape index (κ3) is 3.42. The number of pyridine rings is 1. The van der Waals surface area contributed by atoms with E-state index in [1.807, 2.05) is 12.4 Å². The van der Waals surface area contributed by atoms with Crippen LogP contribution in [0.1, 0.15) is 25.3 Å². The zero-order valence-electron chi connectivity index (χ0n) is 13.1. The molecule has 3 rings (SSSR count). The Morgan fingerprint density at radius 2 is 1.95 bits per heavy atom. The number of fused-ring (bicyclic) bond motifs is 1. The molecule has 0 unspecified atom stereocenters. The molecule has 0 radical (unpaired) electrons. The summed E-state index contributed by atoms with van der Waals surface area (Å²) in [5.41, 5.74) is 1.73. The molecule has 2 aromatic rings. The largest absolute Gasteiger partial charge is 0.312 e. The van der Waals surface area contributed by atoms with Crippen LogP contribution in [0.5, 0.6) is 0 Å². The van der Waals surface area contributed by atoms with Gasteiger partial charge < -0.3 is 10.2 Å². The summed E-state index contributed by atoms with van der Waals surface area (Å²) < 4.78 is 0.